The van der Waals surface area contributed by atoms with E-state index in [4.69, 9.17) is 24.3 Å². The number of aryl methyl sites for hydroxylation is 2. The van der Waals surface area contributed by atoms with Gasteiger partial charge in [-0.1, -0.05) is 23.5 Å². The smallest absolute Gasteiger partial charge is 0.226 e. The Morgan fingerprint density at radius 1 is 1.06 bits per heavy atom. The van der Waals surface area contributed by atoms with Gasteiger partial charge < -0.3 is 19.5 Å². The van der Waals surface area contributed by atoms with Crippen LogP contribution >= 0.6 is 11.3 Å². The first kappa shape index (κ1) is 21.3. The molecule has 0 spiro atoms. The fourth-order valence-electron chi connectivity index (χ4n) is 4.46. The number of nitrogens with one attached hydrogen (secondary N) is 1. The van der Waals surface area contributed by atoms with Crippen molar-refractivity contribution >= 4 is 33.3 Å². The van der Waals surface area contributed by atoms with Crippen molar-refractivity contribution in [2.75, 3.05) is 26.6 Å². The monoisotopic (exact) mass is 464 g/mol. The molecule has 1 atom stereocenters. The van der Waals surface area contributed by atoms with Crippen LogP contribution in [0.4, 0.5) is 5.82 Å². The molecule has 0 radical (unpaired) electrons. The van der Waals surface area contributed by atoms with Gasteiger partial charge in [0.05, 0.1) is 37.2 Å². The van der Waals surface area contributed by atoms with Gasteiger partial charge in [-0.15, -0.1) is 0 Å². The number of aromatic nitrogens is 3. The van der Waals surface area contributed by atoms with Crippen LogP contribution in [0.3, 0.4) is 0 Å². The quantitative estimate of drug-likeness (QED) is 0.465. The van der Waals surface area contributed by atoms with E-state index in [2.05, 4.69) is 18.3 Å². The van der Waals surface area contributed by atoms with E-state index in [1.165, 1.54) is 5.56 Å². The van der Waals surface area contributed by atoms with Crippen molar-refractivity contribution in [1.82, 2.24) is 14.8 Å². The number of methoxy groups -OCH3 is 3. The molecule has 0 aliphatic carbocycles. The van der Waals surface area contributed by atoms with Crippen LogP contribution in [0.1, 0.15) is 34.7 Å². The molecule has 9 heteroatoms. The highest BCUT2D eigenvalue weighted by Crippen LogP contribution is 2.48. The number of fused-ring (bicyclic) bond motifs is 2. The highest BCUT2D eigenvalue weighted by atomic mass is 32.1. The molecule has 1 unspecified atom stereocenters. The Balaban J connectivity index is 1.68. The lowest BCUT2D eigenvalue weighted by Crippen LogP contribution is -2.25. The molecule has 8 nitrogen and oxygen atoms in total. The third-order valence-electron chi connectivity index (χ3n) is 5.93. The second-order valence-corrected chi connectivity index (χ2v) is 8.96. The van der Waals surface area contributed by atoms with Gasteiger partial charge in [-0.2, -0.15) is 9.78 Å². The molecule has 1 aliphatic heterocycles. The lowest BCUT2D eigenvalue weighted by atomic mass is 9.85. The van der Waals surface area contributed by atoms with Crippen molar-refractivity contribution in [2.45, 2.75) is 26.2 Å². The van der Waals surface area contributed by atoms with Gasteiger partial charge >= 0.3 is 0 Å². The van der Waals surface area contributed by atoms with Crippen LogP contribution in [0.15, 0.2) is 30.3 Å². The largest absolute Gasteiger partial charge is 0.493 e. The van der Waals surface area contributed by atoms with Crippen molar-refractivity contribution in [3.8, 4) is 22.4 Å². The maximum Gasteiger partial charge on any atom is 0.226 e. The van der Waals surface area contributed by atoms with Gasteiger partial charge in [-0.25, -0.2) is 4.98 Å². The van der Waals surface area contributed by atoms with E-state index < -0.39 is 0 Å². The molecular weight excluding hydrogens is 440 g/mol. The SMILES string of the molecule is COc1ccc(C2CC(=O)Nc3c2c(C)nn3-c2nc3ccc(C)cc3s2)c(OC)c1OC. The second kappa shape index (κ2) is 8.08. The highest BCUT2D eigenvalue weighted by Gasteiger charge is 2.36. The molecule has 0 saturated carbocycles. The number of anilines is 1. The molecule has 0 fully saturated rings. The number of ether oxygens (including phenoxy) is 3. The summed E-state index contributed by atoms with van der Waals surface area (Å²) in [7, 11) is 4.74. The van der Waals surface area contributed by atoms with Gasteiger partial charge in [0.1, 0.15) is 5.82 Å². The number of carbonyl (C=O) groups excluding carboxylic acids is 1. The zero-order valence-electron chi connectivity index (χ0n) is 19.1. The Morgan fingerprint density at radius 2 is 1.85 bits per heavy atom. The summed E-state index contributed by atoms with van der Waals surface area (Å²) in [6.45, 7) is 4.00. The minimum Gasteiger partial charge on any atom is -0.493 e. The summed E-state index contributed by atoms with van der Waals surface area (Å²) in [5.74, 6) is 1.90. The summed E-state index contributed by atoms with van der Waals surface area (Å²) < 4.78 is 19.5. The fourth-order valence-corrected chi connectivity index (χ4v) is 5.48. The van der Waals surface area contributed by atoms with Crippen molar-refractivity contribution in [2.24, 2.45) is 0 Å². The molecule has 170 valence electrons. The third-order valence-corrected chi connectivity index (χ3v) is 6.92. The van der Waals surface area contributed by atoms with E-state index in [1.807, 2.05) is 31.2 Å². The topological polar surface area (TPSA) is 87.5 Å². The molecule has 5 rings (SSSR count). The van der Waals surface area contributed by atoms with Gasteiger partial charge in [0, 0.05) is 23.5 Å². The van der Waals surface area contributed by atoms with E-state index >= 15 is 0 Å². The molecular formula is C24H24N4O4S. The van der Waals surface area contributed by atoms with Crippen molar-refractivity contribution in [1.29, 1.82) is 0 Å². The molecule has 1 aliphatic rings. The molecule has 2 aromatic carbocycles. The number of nitrogens with zero attached hydrogens (tertiary/aromatic N) is 3. The van der Waals surface area contributed by atoms with Gasteiger partial charge in [0.15, 0.2) is 11.5 Å². The third kappa shape index (κ3) is 3.39. The number of carbonyl (C=O) groups is 1. The van der Waals surface area contributed by atoms with Crippen LogP contribution in [-0.4, -0.2) is 42.0 Å². The standard InChI is InChI=1S/C24H24N4O4S/c1-12-6-8-16-18(10-12)33-24(25-16)28-23-20(13(2)27-28)15(11-19(29)26-23)14-7-9-17(30-3)22(32-5)21(14)31-4/h6-10,15H,11H2,1-5H3,(H,26,29). The van der Waals surface area contributed by atoms with E-state index in [0.29, 0.717) is 28.2 Å². The number of benzene rings is 2. The molecule has 1 N–H and O–H groups in total. The maximum atomic E-state index is 12.8. The van der Waals surface area contributed by atoms with Crippen LogP contribution in [0.5, 0.6) is 17.2 Å². The van der Waals surface area contributed by atoms with Crippen LogP contribution in [0.2, 0.25) is 0 Å². The van der Waals surface area contributed by atoms with Crippen molar-refractivity contribution in [3.63, 3.8) is 0 Å². The number of amides is 1. The Morgan fingerprint density at radius 3 is 2.58 bits per heavy atom. The zero-order chi connectivity index (χ0) is 23.3. The number of thiazole rings is 1. The van der Waals surface area contributed by atoms with Crippen LogP contribution in [-0.2, 0) is 4.79 Å². The van der Waals surface area contributed by atoms with Gasteiger partial charge in [-0.3, -0.25) is 4.79 Å². The lowest BCUT2D eigenvalue weighted by molar-refractivity contribution is -0.116. The summed E-state index contributed by atoms with van der Waals surface area (Å²) in [4.78, 5) is 17.6. The zero-order valence-corrected chi connectivity index (χ0v) is 19.9. The predicted molar refractivity (Wildman–Crippen MR) is 127 cm³/mol. The number of rotatable bonds is 5. The number of hydrogen-bond donors (Lipinski definition) is 1. The maximum absolute atomic E-state index is 12.8. The summed E-state index contributed by atoms with van der Waals surface area (Å²) in [5.41, 5.74) is 4.68. The normalized spacial score (nSPS) is 15.3. The lowest BCUT2D eigenvalue weighted by Gasteiger charge is -2.26. The molecule has 1 amide bonds. The molecule has 0 bridgehead atoms. The average molecular weight is 465 g/mol. The van der Waals surface area contributed by atoms with Gasteiger partial charge in [0.25, 0.3) is 0 Å². The average Bonchev–Trinajstić information content (AvgIpc) is 3.37. The van der Waals surface area contributed by atoms with E-state index in [9.17, 15) is 4.79 Å². The minimum atomic E-state index is -0.256. The summed E-state index contributed by atoms with van der Waals surface area (Å²) in [5, 5.41) is 8.51. The van der Waals surface area contributed by atoms with Crippen LogP contribution in [0.25, 0.3) is 15.3 Å². The minimum absolute atomic E-state index is 0.0950. The first-order valence-electron chi connectivity index (χ1n) is 10.5. The molecule has 3 heterocycles. The van der Waals surface area contributed by atoms with E-state index in [1.54, 1.807) is 37.3 Å². The summed E-state index contributed by atoms with van der Waals surface area (Å²) in [6.07, 6.45) is 0.268. The molecule has 4 aromatic rings. The molecule has 33 heavy (non-hydrogen) atoms. The highest BCUT2D eigenvalue weighted by molar-refractivity contribution is 7.20. The van der Waals surface area contributed by atoms with E-state index in [0.717, 1.165) is 27.0 Å². The summed E-state index contributed by atoms with van der Waals surface area (Å²) in [6, 6.07) is 9.90. The molecule has 0 saturated heterocycles. The first-order valence-corrected chi connectivity index (χ1v) is 11.3. The summed E-state index contributed by atoms with van der Waals surface area (Å²) >= 11 is 1.54. The predicted octanol–water partition coefficient (Wildman–Crippen LogP) is 4.60. The van der Waals surface area contributed by atoms with Crippen molar-refractivity contribution in [3.05, 3.63) is 52.7 Å². The van der Waals surface area contributed by atoms with Gasteiger partial charge in [-0.05, 0) is 37.6 Å². The Kier molecular flexibility index (Phi) is 5.20. The van der Waals surface area contributed by atoms with Crippen LogP contribution < -0.4 is 19.5 Å². The Bertz CT molecular complexity index is 1390. The Hall–Kier alpha value is -3.59. The fraction of sp³-hybridized carbons (Fsp3) is 0.292. The Labute approximate surface area is 195 Å². The van der Waals surface area contributed by atoms with Crippen LogP contribution in [0, 0.1) is 13.8 Å². The second-order valence-electron chi connectivity index (χ2n) is 7.96. The van der Waals surface area contributed by atoms with Crippen molar-refractivity contribution < 1.29 is 19.0 Å². The van der Waals surface area contributed by atoms with E-state index in [-0.39, 0.29) is 18.2 Å². The number of hydrogen-bond acceptors (Lipinski definition) is 7. The first-order chi connectivity index (χ1) is 15.9. The van der Waals surface area contributed by atoms with Gasteiger partial charge in [0.2, 0.25) is 16.8 Å². The molecule has 2 aromatic heterocycles.